The molecule has 0 atom stereocenters. The lowest BCUT2D eigenvalue weighted by Crippen LogP contribution is -2.03. The van der Waals surface area contributed by atoms with Crippen molar-refractivity contribution >= 4 is 32.4 Å². The summed E-state index contributed by atoms with van der Waals surface area (Å²) in [6.45, 7) is 4.20. The van der Waals surface area contributed by atoms with Gasteiger partial charge in [-0.05, 0) is 48.6 Å². The molecule has 2 aromatic rings. The number of halogens is 1. The number of hydrogen-bond acceptors (Lipinski definition) is 0. The van der Waals surface area contributed by atoms with Crippen LogP contribution in [-0.4, -0.2) is 4.57 Å². The van der Waals surface area contributed by atoms with E-state index in [1.165, 1.54) is 40.6 Å². The minimum absolute atomic E-state index is 1.14. The van der Waals surface area contributed by atoms with Gasteiger partial charge in [0.2, 0.25) is 0 Å². The van der Waals surface area contributed by atoms with Crippen molar-refractivity contribution in [3.05, 3.63) is 40.5 Å². The molecule has 0 radical (unpaired) electrons. The number of aryl methyl sites for hydroxylation is 2. The van der Waals surface area contributed by atoms with Crippen LogP contribution in [0.1, 0.15) is 24.1 Å². The molecule has 16 heavy (non-hydrogen) atoms. The van der Waals surface area contributed by atoms with E-state index in [2.05, 4.69) is 52.3 Å². The van der Waals surface area contributed by atoms with Crippen LogP contribution in [0.5, 0.6) is 0 Å². The fraction of sp³-hybridized carbons (Fsp3) is 0.286. The first-order chi connectivity index (χ1) is 7.68. The number of aromatic nitrogens is 1. The monoisotopic (exact) mass is 275 g/mol. The molecule has 0 amide bonds. The highest BCUT2D eigenvalue weighted by Gasteiger charge is 2.20. The molecule has 0 saturated heterocycles. The summed E-state index contributed by atoms with van der Waals surface area (Å²) in [5.41, 5.74) is 5.45. The number of nitrogens with zero attached hydrogens (tertiary/aromatic N) is 1. The minimum atomic E-state index is 1.14. The summed E-state index contributed by atoms with van der Waals surface area (Å²) in [7, 11) is 2.14. The molecule has 0 fully saturated rings. The van der Waals surface area contributed by atoms with Gasteiger partial charge in [0.25, 0.3) is 0 Å². The lowest BCUT2D eigenvalue weighted by molar-refractivity contribution is 0.797. The number of benzene rings is 1. The van der Waals surface area contributed by atoms with Crippen molar-refractivity contribution in [2.45, 2.75) is 19.3 Å². The molecule has 1 aromatic heterocycles. The predicted molar refractivity (Wildman–Crippen MR) is 72.6 cm³/mol. The molecule has 1 aromatic carbocycles. The average Bonchev–Trinajstić information content (AvgIpc) is 2.54. The highest BCUT2D eigenvalue weighted by molar-refractivity contribution is 9.10. The van der Waals surface area contributed by atoms with Crippen LogP contribution >= 0.6 is 15.9 Å². The minimum Gasteiger partial charge on any atom is -0.344 e. The van der Waals surface area contributed by atoms with E-state index in [4.69, 9.17) is 0 Å². The molecule has 1 heterocycles. The molecule has 0 saturated carbocycles. The van der Waals surface area contributed by atoms with Crippen LogP contribution in [0.2, 0.25) is 0 Å². The Bertz CT molecular complexity index is 592. The van der Waals surface area contributed by atoms with Gasteiger partial charge >= 0.3 is 0 Å². The van der Waals surface area contributed by atoms with Crippen molar-refractivity contribution in [2.75, 3.05) is 0 Å². The Hall–Kier alpha value is -1.02. The largest absolute Gasteiger partial charge is 0.344 e. The zero-order valence-corrected chi connectivity index (χ0v) is 11.0. The highest BCUT2D eigenvalue weighted by atomic mass is 79.9. The number of rotatable bonds is 0. The number of hydrogen-bond donors (Lipinski definition) is 0. The van der Waals surface area contributed by atoms with Gasteiger partial charge in [0.1, 0.15) is 0 Å². The summed E-state index contributed by atoms with van der Waals surface area (Å²) in [6.07, 6.45) is 3.55. The second-order valence-corrected chi connectivity index (χ2v) is 5.42. The topological polar surface area (TPSA) is 4.93 Å². The van der Waals surface area contributed by atoms with Crippen molar-refractivity contribution in [2.24, 2.45) is 7.05 Å². The van der Waals surface area contributed by atoms with Crippen molar-refractivity contribution in [1.82, 2.24) is 4.57 Å². The van der Waals surface area contributed by atoms with Gasteiger partial charge in [-0.15, -0.1) is 0 Å². The fourth-order valence-corrected chi connectivity index (χ4v) is 3.15. The van der Waals surface area contributed by atoms with Crippen LogP contribution in [0.25, 0.3) is 16.5 Å². The van der Waals surface area contributed by atoms with E-state index in [1.807, 2.05) is 0 Å². The summed E-state index contributed by atoms with van der Waals surface area (Å²) < 4.78 is 3.45. The summed E-state index contributed by atoms with van der Waals surface area (Å²) in [5, 5.41) is 1.38. The Kier molecular flexibility index (Phi) is 2.21. The number of allylic oxidation sites excluding steroid dienone is 1. The van der Waals surface area contributed by atoms with Crippen LogP contribution < -0.4 is 0 Å². The van der Waals surface area contributed by atoms with Crippen molar-refractivity contribution in [1.29, 1.82) is 0 Å². The molecular weight excluding hydrogens is 262 g/mol. The summed E-state index contributed by atoms with van der Waals surface area (Å²) >= 11 is 3.55. The molecule has 82 valence electrons. The van der Waals surface area contributed by atoms with Crippen molar-refractivity contribution in [3.63, 3.8) is 0 Å². The lowest BCUT2D eigenvalue weighted by atomic mass is 9.92. The molecule has 0 aliphatic heterocycles. The van der Waals surface area contributed by atoms with E-state index in [1.54, 1.807) is 0 Å². The molecule has 3 rings (SSSR count). The average molecular weight is 276 g/mol. The Morgan fingerprint density at radius 3 is 2.94 bits per heavy atom. The van der Waals surface area contributed by atoms with Crippen LogP contribution in [0.3, 0.4) is 0 Å². The second-order valence-electron chi connectivity index (χ2n) is 4.50. The molecule has 0 N–H and O–H groups in total. The van der Waals surface area contributed by atoms with Crippen LogP contribution in [0.15, 0.2) is 29.3 Å². The molecule has 0 unspecified atom stereocenters. The zero-order valence-electron chi connectivity index (χ0n) is 9.39. The first-order valence-corrected chi connectivity index (χ1v) is 6.43. The third kappa shape index (κ3) is 1.29. The smallest absolute Gasteiger partial charge is 0.0486 e. The summed E-state index contributed by atoms with van der Waals surface area (Å²) in [5.74, 6) is 0. The first kappa shape index (κ1) is 10.2. The van der Waals surface area contributed by atoms with Gasteiger partial charge in [0, 0.05) is 28.1 Å². The third-order valence-corrected chi connectivity index (χ3v) is 4.00. The molecular formula is C14H14BrN. The standard InChI is InChI=1S/C14H14BrN/c1-9-4-3-5-11-12-8-10(15)6-7-13(12)16(2)14(9)11/h6-8H,1,3-5H2,2H3. The van der Waals surface area contributed by atoms with E-state index in [9.17, 15) is 0 Å². The molecule has 0 bridgehead atoms. The number of fused-ring (bicyclic) bond motifs is 3. The van der Waals surface area contributed by atoms with Gasteiger partial charge in [-0.2, -0.15) is 0 Å². The van der Waals surface area contributed by atoms with E-state index in [0.29, 0.717) is 0 Å². The first-order valence-electron chi connectivity index (χ1n) is 5.63. The Balaban J connectivity index is 2.44. The second kappa shape index (κ2) is 3.49. The van der Waals surface area contributed by atoms with Gasteiger partial charge in [0.15, 0.2) is 0 Å². The van der Waals surface area contributed by atoms with E-state index in [-0.39, 0.29) is 0 Å². The van der Waals surface area contributed by atoms with Crippen LogP contribution in [0.4, 0.5) is 0 Å². The van der Waals surface area contributed by atoms with E-state index >= 15 is 0 Å². The maximum Gasteiger partial charge on any atom is 0.0486 e. The quantitative estimate of drug-likeness (QED) is 0.676. The fourth-order valence-electron chi connectivity index (χ4n) is 2.79. The molecule has 1 nitrogen and oxygen atoms in total. The Labute approximate surface area is 104 Å². The van der Waals surface area contributed by atoms with Crippen molar-refractivity contribution < 1.29 is 0 Å². The SMILES string of the molecule is C=C1CCCc2c1n(C)c1ccc(Br)cc21. The molecule has 2 heteroatoms. The normalized spacial score (nSPS) is 15.5. The van der Waals surface area contributed by atoms with Crippen molar-refractivity contribution in [3.8, 4) is 0 Å². The van der Waals surface area contributed by atoms with Gasteiger partial charge in [-0.1, -0.05) is 22.5 Å². The Morgan fingerprint density at radius 2 is 2.12 bits per heavy atom. The van der Waals surface area contributed by atoms with Gasteiger partial charge < -0.3 is 4.57 Å². The van der Waals surface area contributed by atoms with E-state index < -0.39 is 0 Å². The van der Waals surface area contributed by atoms with Gasteiger partial charge in [-0.25, -0.2) is 0 Å². The van der Waals surface area contributed by atoms with Crippen LogP contribution in [0, 0.1) is 0 Å². The zero-order chi connectivity index (χ0) is 11.3. The molecule has 1 aliphatic rings. The lowest BCUT2D eigenvalue weighted by Gasteiger charge is -2.16. The summed E-state index contributed by atoms with van der Waals surface area (Å²) in [6, 6.07) is 6.52. The van der Waals surface area contributed by atoms with E-state index in [0.717, 1.165) is 10.9 Å². The maximum atomic E-state index is 4.20. The van der Waals surface area contributed by atoms with Gasteiger partial charge in [-0.3, -0.25) is 0 Å². The summed E-state index contributed by atoms with van der Waals surface area (Å²) in [4.78, 5) is 0. The molecule has 1 aliphatic carbocycles. The predicted octanol–water partition coefficient (Wildman–Crippen LogP) is 4.29. The van der Waals surface area contributed by atoms with Crippen LogP contribution in [-0.2, 0) is 13.5 Å². The molecule has 0 spiro atoms. The third-order valence-electron chi connectivity index (χ3n) is 3.51. The maximum absolute atomic E-state index is 4.20. The van der Waals surface area contributed by atoms with Gasteiger partial charge in [0.05, 0.1) is 0 Å². The Morgan fingerprint density at radius 1 is 1.31 bits per heavy atom. The highest BCUT2D eigenvalue weighted by Crippen LogP contribution is 2.37.